The van der Waals surface area contributed by atoms with Gasteiger partial charge in [0, 0.05) is 5.38 Å². The number of thiophene rings is 1. The quantitative estimate of drug-likeness (QED) is 0.704. The second-order valence-corrected chi connectivity index (χ2v) is 6.42. The third-order valence-electron chi connectivity index (χ3n) is 3.10. The number of aromatic nitrogens is 1. The van der Waals surface area contributed by atoms with E-state index < -0.39 is 5.97 Å². The van der Waals surface area contributed by atoms with Gasteiger partial charge in [0.05, 0.1) is 21.7 Å². The minimum atomic E-state index is -0.971. The minimum absolute atomic E-state index is 0.217. The number of carbonyl (C=O) groups is 1. The van der Waals surface area contributed by atoms with Crippen molar-refractivity contribution in [1.82, 2.24) is 4.98 Å². The van der Waals surface area contributed by atoms with E-state index in [1.54, 1.807) is 29.5 Å². The van der Waals surface area contributed by atoms with Gasteiger partial charge in [-0.1, -0.05) is 18.2 Å². The van der Waals surface area contributed by atoms with Crippen LogP contribution in [0.1, 0.15) is 20.9 Å². The molecule has 0 aliphatic rings. The van der Waals surface area contributed by atoms with Crippen LogP contribution in [0.4, 0.5) is 0 Å². The second kappa shape index (κ2) is 6.57. The van der Waals surface area contributed by atoms with Gasteiger partial charge in [-0.2, -0.15) is 5.26 Å². The predicted octanol–water partition coefficient (Wildman–Crippen LogP) is 4.63. The maximum Gasteiger partial charge on any atom is 0.335 e. The zero-order chi connectivity index (χ0) is 16.2. The SMILES string of the molecule is N#C/C(=C/c1ccc(C(=O)O)cc1)c1nc(-c2cccs2)cs1. The monoisotopic (exact) mass is 338 g/mol. The highest BCUT2D eigenvalue weighted by molar-refractivity contribution is 7.14. The lowest BCUT2D eigenvalue weighted by Crippen LogP contribution is -1.94. The van der Waals surface area contributed by atoms with Crippen LogP contribution in [0.5, 0.6) is 0 Å². The first kappa shape index (κ1) is 15.2. The van der Waals surface area contributed by atoms with Crippen molar-refractivity contribution in [2.24, 2.45) is 0 Å². The summed E-state index contributed by atoms with van der Waals surface area (Å²) in [4.78, 5) is 16.4. The van der Waals surface area contributed by atoms with E-state index in [2.05, 4.69) is 11.1 Å². The van der Waals surface area contributed by atoms with Gasteiger partial charge in [0.1, 0.15) is 11.1 Å². The number of hydrogen-bond acceptors (Lipinski definition) is 5. The third-order valence-corrected chi connectivity index (χ3v) is 4.87. The molecule has 1 aromatic carbocycles. The molecule has 2 heterocycles. The molecule has 1 N–H and O–H groups in total. The molecule has 0 atom stereocenters. The maximum atomic E-state index is 10.9. The predicted molar refractivity (Wildman–Crippen MR) is 92.3 cm³/mol. The van der Waals surface area contributed by atoms with Gasteiger partial charge in [0.15, 0.2) is 0 Å². The topological polar surface area (TPSA) is 74.0 Å². The van der Waals surface area contributed by atoms with Crippen molar-refractivity contribution in [2.45, 2.75) is 0 Å². The van der Waals surface area contributed by atoms with Gasteiger partial charge in [0.2, 0.25) is 0 Å². The summed E-state index contributed by atoms with van der Waals surface area (Å²) in [6, 6.07) is 12.5. The first-order valence-corrected chi connectivity index (χ1v) is 8.38. The molecule has 112 valence electrons. The van der Waals surface area contributed by atoms with Gasteiger partial charge < -0.3 is 5.11 Å². The molecule has 0 amide bonds. The number of nitriles is 1. The molecular formula is C17H10N2O2S2. The number of rotatable bonds is 4. The summed E-state index contributed by atoms with van der Waals surface area (Å²) in [6.07, 6.45) is 1.71. The number of thiazole rings is 1. The van der Waals surface area contributed by atoms with Crippen molar-refractivity contribution in [3.63, 3.8) is 0 Å². The Hall–Kier alpha value is -2.75. The summed E-state index contributed by atoms with van der Waals surface area (Å²) < 4.78 is 0. The minimum Gasteiger partial charge on any atom is -0.478 e. The van der Waals surface area contributed by atoms with Crippen LogP contribution in [0.2, 0.25) is 0 Å². The Kier molecular flexibility index (Phi) is 4.33. The molecule has 3 rings (SSSR count). The summed E-state index contributed by atoms with van der Waals surface area (Å²) in [5.41, 5.74) is 2.30. The fourth-order valence-electron chi connectivity index (χ4n) is 1.97. The standard InChI is InChI=1S/C17H10N2O2S2/c18-9-13(8-11-3-5-12(6-4-11)17(20)21)16-19-14(10-23-16)15-2-1-7-22-15/h1-8,10H,(H,20,21)/b13-8-. The fourth-order valence-corrected chi connectivity index (χ4v) is 3.51. The van der Waals surface area contributed by atoms with E-state index in [1.165, 1.54) is 23.5 Å². The van der Waals surface area contributed by atoms with Gasteiger partial charge in [-0.25, -0.2) is 9.78 Å². The zero-order valence-corrected chi connectivity index (χ0v) is 13.4. The Morgan fingerprint density at radius 3 is 2.61 bits per heavy atom. The first-order valence-electron chi connectivity index (χ1n) is 6.62. The van der Waals surface area contributed by atoms with E-state index in [1.807, 2.05) is 22.9 Å². The summed E-state index contributed by atoms with van der Waals surface area (Å²) in [6.45, 7) is 0. The van der Waals surface area contributed by atoms with Crippen molar-refractivity contribution in [3.8, 4) is 16.6 Å². The Balaban J connectivity index is 1.90. The van der Waals surface area contributed by atoms with Crippen molar-refractivity contribution in [3.05, 3.63) is 63.3 Å². The number of benzene rings is 1. The molecule has 4 nitrogen and oxygen atoms in total. The molecule has 23 heavy (non-hydrogen) atoms. The molecule has 0 aliphatic carbocycles. The molecule has 0 aliphatic heterocycles. The second-order valence-electron chi connectivity index (χ2n) is 4.61. The van der Waals surface area contributed by atoms with Crippen molar-refractivity contribution in [2.75, 3.05) is 0 Å². The Bertz CT molecular complexity index is 901. The Morgan fingerprint density at radius 2 is 2.00 bits per heavy atom. The molecule has 0 saturated carbocycles. The highest BCUT2D eigenvalue weighted by Crippen LogP contribution is 2.29. The van der Waals surface area contributed by atoms with Crippen LogP contribution in [0, 0.1) is 11.3 Å². The van der Waals surface area contributed by atoms with Crippen molar-refractivity contribution >= 4 is 40.3 Å². The summed E-state index contributed by atoms with van der Waals surface area (Å²) in [5.74, 6) is -0.971. The highest BCUT2D eigenvalue weighted by Gasteiger charge is 2.10. The first-order chi connectivity index (χ1) is 11.2. The number of allylic oxidation sites excluding steroid dienone is 1. The number of hydrogen-bond donors (Lipinski definition) is 1. The summed E-state index contributed by atoms with van der Waals surface area (Å²) >= 11 is 3.02. The molecule has 3 aromatic rings. The van der Waals surface area contributed by atoms with Gasteiger partial charge in [-0.15, -0.1) is 22.7 Å². The number of carboxylic acids is 1. The zero-order valence-electron chi connectivity index (χ0n) is 11.8. The van der Waals surface area contributed by atoms with Gasteiger partial charge in [-0.3, -0.25) is 0 Å². The van der Waals surface area contributed by atoms with Crippen molar-refractivity contribution in [1.29, 1.82) is 5.26 Å². The Labute approximate surface area is 140 Å². The molecule has 0 saturated heterocycles. The molecule has 6 heteroatoms. The number of aromatic carboxylic acids is 1. The number of nitrogens with zero attached hydrogens (tertiary/aromatic N) is 2. The smallest absolute Gasteiger partial charge is 0.335 e. The normalized spacial score (nSPS) is 11.2. The van der Waals surface area contributed by atoms with Crippen LogP contribution >= 0.6 is 22.7 Å². The summed E-state index contributed by atoms with van der Waals surface area (Å²) in [5, 5.41) is 22.8. The van der Waals surface area contributed by atoms with E-state index in [4.69, 9.17) is 5.11 Å². The lowest BCUT2D eigenvalue weighted by molar-refractivity contribution is 0.0697. The lowest BCUT2D eigenvalue weighted by atomic mass is 10.1. The molecule has 0 bridgehead atoms. The molecule has 0 spiro atoms. The Morgan fingerprint density at radius 1 is 1.22 bits per heavy atom. The van der Waals surface area contributed by atoms with E-state index in [0.717, 1.165) is 16.1 Å². The van der Waals surface area contributed by atoms with Gasteiger partial charge >= 0.3 is 5.97 Å². The van der Waals surface area contributed by atoms with E-state index in [-0.39, 0.29) is 5.56 Å². The molecule has 0 radical (unpaired) electrons. The average Bonchev–Trinajstić information content (AvgIpc) is 3.24. The van der Waals surface area contributed by atoms with Crippen LogP contribution in [0.25, 0.3) is 22.2 Å². The van der Waals surface area contributed by atoms with Crippen LogP contribution in [0.3, 0.4) is 0 Å². The molecule has 0 fully saturated rings. The number of carboxylic acid groups (broad SMARTS) is 1. The van der Waals surface area contributed by atoms with Crippen LogP contribution < -0.4 is 0 Å². The third kappa shape index (κ3) is 3.37. The van der Waals surface area contributed by atoms with E-state index in [0.29, 0.717) is 10.6 Å². The van der Waals surface area contributed by atoms with Crippen LogP contribution in [-0.4, -0.2) is 16.1 Å². The van der Waals surface area contributed by atoms with Crippen LogP contribution in [0.15, 0.2) is 47.2 Å². The van der Waals surface area contributed by atoms with E-state index in [9.17, 15) is 10.1 Å². The van der Waals surface area contributed by atoms with E-state index >= 15 is 0 Å². The van der Waals surface area contributed by atoms with Crippen LogP contribution in [-0.2, 0) is 0 Å². The largest absolute Gasteiger partial charge is 0.478 e. The van der Waals surface area contributed by atoms with Crippen molar-refractivity contribution < 1.29 is 9.90 Å². The van der Waals surface area contributed by atoms with Gasteiger partial charge in [0.25, 0.3) is 0 Å². The summed E-state index contributed by atoms with van der Waals surface area (Å²) in [7, 11) is 0. The molecule has 2 aromatic heterocycles. The lowest BCUT2D eigenvalue weighted by Gasteiger charge is -1.97. The fraction of sp³-hybridized carbons (Fsp3) is 0. The molecule has 0 unspecified atom stereocenters. The maximum absolute atomic E-state index is 10.9. The highest BCUT2D eigenvalue weighted by atomic mass is 32.1. The van der Waals surface area contributed by atoms with Gasteiger partial charge in [-0.05, 0) is 35.2 Å². The average molecular weight is 338 g/mol. The molecular weight excluding hydrogens is 328 g/mol.